The minimum absolute atomic E-state index is 0.691. The highest BCUT2D eigenvalue weighted by molar-refractivity contribution is 8.01. The average Bonchev–Trinajstić information content (AvgIpc) is 2.74. The second kappa shape index (κ2) is 4.35. The maximum atomic E-state index is 5.86. The predicted octanol–water partition coefficient (Wildman–Crippen LogP) is 3.42. The lowest BCUT2D eigenvalue weighted by atomic mass is 10.3. The van der Waals surface area contributed by atoms with Crippen molar-refractivity contribution in [3.8, 4) is 0 Å². The second-order valence-corrected chi connectivity index (χ2v) is 5.71. The molecule has 2 N–H and O–H groups in total. The maximum absolute atomic E-state index is 5.86. The van der Waals surface area contributed by atoms with Crippen LogP contribution in [0.3, 0.4) is 0 Å². The van der Waals surface area contributed by atoms with Gasteiger partial charge in [0.1, 0.15) is 5.03 Å². The molecule has 5 heteroatoms. The van der Waals surface area contributed by atoms with Gasteiger partial charge in [0.15, 0.2) is 4.34 Å². The second-order valence-electron chi connectivity index (χ2n) is 3.45. The van der Waals surface area contributed by atoms with Crippen molar-refractivity contribution in [3.05, 3.63) is 42.6 Å². The van der Waals surface area contributed by atoms with E-state index in [1.807, 2.05) is 30.3 Å². The lowest BCUT2D eigenvalue weighted by Crippen LogP contribution is -1.89. The Labute approximate surface area is 107 Å². The van der Waals surface area contributed by atoms with Crippen LogP contribution < -0.4 is 5.73 Å². The summed E-state index contributed by atoms with van der Waals surface area (Å²) in [6.07, 6.45) is 1.74. The van der Waals surface area contributed by atoms with E-state index < -0.39 is 0 Å². The lowest BCUT2D eigenvalue weighted by Gasteiger charge is -1.99. The molecule has 0 spiro atoms. The molecular formula is C12H9N3S2. The van der Waals surface area contributed by atoms with Crippen LogP contribution in [-0.2, 0) is 0 Å². The number of nitrogen functional groups attached to an aromatic ring is 1. The summed E-state index contributed by atoms with van der Waals surface area (Å²) in [7, 11) is 0. The molecule has 3 rings (SSSR count). The average molecular weight is 259 g/mol. The summed E-state index contributed by atoms with van der Waals surface area (Å²) in [5, 5.41) is 0.812. The molecule has 0 atom stereocenters. The van der Waals surface area contributed by atoms with Crippen LogP contribution in [0.25, 0.3) is 10.2 Å². The van der Waals surface area contributed by atoms with E-state index in [9.17, 15) is 0 Å². The Bertz CT molecular complexity index is 630. The third-order valence-electron chi connectivity index (χ3n) is 2.26. The van der Waals surface area contributed by atoms with Gasteiger partial charge in [0.05, 0.1) is 15.9 Å². The number of aromatic nitrogens is 2. The Morgan fingerprint density at radius 3 is 2.82 bits per heavy atom. The summed E-state index contributed by atoms with van der Waals surface area (Å²) >= 11 is 3.17. The van der Waals surface area contributed by atoms with Gasteiger partial charge < -0.3 is 5.73 Å². The van der Waals surface area contributed by atoms with Gasteiger partial charge in [-0.2, -0.15) is 0 Å². The van der Waals surface area contributed by atoms with Gasteiger partial charge in [-0.15, -0.1) is 11.3 Å². The molecule has 1 aromatic carbocycles. The van der Waals surface area contributed by atoms with Crippen LogP contribution in [0, 0.1) is 0 Å². The first-order valence-corrected chi connectivity index (χ1v) is 6.70. The first kappa shape index (κ1) is 10.6. The molecule has 84 valence electrons. The van der Waals surface area contributed by atoms with Crippen molar-refractivity contribution in [2.24, 2.45) is 0 Å². The first-order chi connectivity index (χ1) is 8.33. The Morgan fingerprint density at radius 2 is 2.00 bits per heavy atom. The Morgan fingerprint density at radius 1 is 1.12 bits per heavy atom. The summed E-state index contributed by atoms with van der Waals surface area (Å²) < 4.78 is 2.15. The number of rotatable bonds is 2. The summed E-state index contributed by atoms with van der Waals surface area (Å²) in [6.45, 7) is 0. The van der Waals surface area contributed by atoms with E-state index in [-0.39, 0.29) is 0 Å². The standard InChI is InChI=1S/C12H9N3S2/c13-8-4-3-7-14-11(8)17-12-15-9-5-1-2-6-10(9)16-12/h1-7H,13H2. The van der Waals surface area contributed by atoms with Crippen molar-refractivity contribution in [1.82, 2.24) is 9.97 Å². The van der Waals surface area contributed by atoms with Crippen molar-refractivity contribution < 1.29 is 0 Å². The molecular weight excluding hydrogens is 250 g/mol. The summed E-state index contributed by atoms with van der Waals surface area (Å²) in [5.74, 6) is 0. The van der Waals surface area contributed by atoms with Crippen LogP contribution in [0.1, 0.15) is 0 Å². The van der Waals surface area contributed by atoms with Gasteiger partial charge in [-0.3, -0.25) is 0 Å². The number of thiazole rings is 1. The fourth-order valence-corrected chi connectivity index (χ4v) is 3.44. The van der Waals surface area contributed by atoms with E-state index in [1.165, 1.54) is 16.5 Å². The molecule has 17 heavy (non-hydrogen) atoms. The van der Waals surface area contributed by atoms with Crippen LogP contribution in [-0.4, -0.2) is 9.97 Å². The number of hydrogen-bond acceptors (Lipinski definition) is 5. The number of fused-ring (bicyclic) bond motifs is 1. The Kier molecular flexibility index (Phi) is 2.70. The number of nitrogens with two attached hydrogens (primary N) is 1. The minimum atomic E-state index is 0.691. The summed E-state index contributed by atoms with van der Waals surface area (Å²) in [4.78, 5) is 8.78. The largest absolute Gasteiger partial charge is 0.397 e. The van der Waals surface area contributed by atoms with Crippen LogP contribution >= 0.6 is 23.1 Å². The molecule has 2 aromatic heterocycles. The molecule has 3 aromatic rings. The van der Waals surface area contributed by atoms with Gasteiger partial charge in [-0.05, 0) is 36.0 Å². The third-order valence-corrected chi connectivity index (χ3v) is 4.39. The number of anilines is 1. The number of pyridine rings is 1. The third kappa shape index (κ3) is 2.11. The van der Waals surface area contributed by atoms with Gasteiger partial charge in [-0.1, -0.05) is 12.1 Å². The minimum Gasteiger partial charge on any atom is -0.397 e. The van der Waals surface area contributed by atoms with Gasteiger partial charge in [0.2, 0.25) is 0 Å². The molecule has 0 amide bonds. The van der Waals surface area contributed by atoms with E-state index in [4.69, 9.17) is 5.73 Å². The topological polar surface area (TPSA) is 51.8 Å². The van der Waals surface area contributed by atoms with E-state index in [0.717, 1.165) is 14.9 Å². The zero-order chi connectivity index (χ0) is 11.7. The van der Waals surface area contributed by atoms with Crippen molar-refractivity contribution in [2.75, 3.05) is 5.73 Å². The van der Waals surface area contributed by atoms with Crippen molar-refractivity contribution in [1.29, 1.82) is 0 Å². The molecule has 0 aliphatic rings. The molecule has 0 fully saturated rings. The first-order valence-electron chi connectivity index (χ1n) is 5.07. The zero-order valence-electron chi connectivity index (χ0n) is 8.83. The monoisotopic (exact) mass is 259 g/mol. The van der Waals surface area contributed by atoms with Crippen molar-refractivity contribution >= 4 is 39.0 Å². The van der Waals surface area contributed by atoms with Crippen molar-refractivity contribution in [3.63, 3.8) is 0 Å². The molecule has 0 aliphatic heterocycles. The van der Waals surface area contributed by atoms with Gasteiger partial charge in [-0.25, -0.2) is 9.97 Å². The number of nitrogens with zero attached hydrogens (tertiary/aromatic N) is 2. The van der Waals surface area contributed by atoms with Crippen LogP contribution in [0.2, 0.25) is 0 Å². The summed E-state index contributed by atoms with van der Waals surface area (Å²) in [6, 6.07) is 11.8. The molecule has 2 heterocycles. The number of benzene rings is 1. The molecule has 0 aliphatic carbocycles. The molecule has 0 radical (unpaired) electrons. The van der Waals surface area contributed by atoms with Gasteiger partial charge in [0.25, 0.3) is 0 Å². The van der Waals surface area contributed by atoms with E-state index in [2.05, 4.69) is 16.0 Å². The quantitative estimate of drug-likeness (QED) is 0.766. The number of hydrogen-bond donors (Lipinski definition) is 1. The van der Waals surface area contributed by atoms with E-state index in [1.54, 1.807) is 17.5 Å². The molecule has 0 bridgehead atoms. The van der Waals surface area contributed by atoms with Crippen LogP contribution in [0.15, 0.2) is 52.0 Å². The highest BCUT2D eigenvalue weighted by Crippen LogP contribution is 2.35. The Hall–Kier alpha value is -1.59. The predicted molar refractivity (Wildman–Crippen MR) is 72.4 cm³/mol. The highest BCUT2D eigenvalue weighted by Gasteiger charge is 2.07. The lowest BCUT2D eigenvalue weighted by molar-refractivity contribution is 1.14. The van der Waals surface area contributed by atoms with E-state index in [0.29, 0.717) is 5.69 Å². The Balaban J connectivity index is 1.98. The smallest absolute Gasteiger partial charge is 0.157 e. The molecule has 0 unspecified atom stereocenters. The summed E-state index contributed by atoms with van der Waals surface area (Å²) in [5.41, 5.74) is 7.57. The molecule has 3 nitrogen and oxygen atoms in total. The normalized spacial score (nSPS) is 10.8. The van der Waals surface area contributed by atoms with Crippen molar-refractivity contribution in [2.45, 2.75) is 9.37 Å². The highest BCUT2D eigenvalue weighted by atomic mass is 32.2. The van der Waals surface area contributed by atoms with Gasteiger partial charge >= 0.3 is 0 Å². The maximum Gasteiger partial charge on any atom is 0.157 e. The molecule has 0 saturated heterocycles. The van der Waals surface area contributed by atoms with E-state index >= 15 is 0 Å². The fourth-order valence-electron chi connectivity index (χ4n) is 1.47. The van der Waals surface area contributed by atoms with Gasteiger partial charge in [0, 0.05) is 6.20 Å². The zero-order valence-corrected chi connectivity index (χ0v) is 10.5. The van der Waals surface area contributed by atoms with Crippen LogP contribution in [0.4, 0.5) is 5.69 Å². The van der Waals surface area contributed by atoms with Crippen LogP contribution in [0.5, 0.6) is 0 Å². The fraction of sp³-hybridized carbons (Fsp3) is 0. The molecule has 0 saturated carbocycles. The number of para-hydroxylation sites is 1. The SMILES string of the molecule is Nc1cccnc1Sc1nc2ccccc2s1.